The Morgan fingerprint density at radius 1 is 1.03 bits per heavy atom. The molecule has 1 aromatic heterocycles. The van der Waals surface area contributed by atoms with Gasteiger partial charge in [-0.3, -0.25) is 4.98 Å². The second kappa shape index (κ2) is 11.4. The van der Waals surface area contributed by atoms with Crippen LogP contribution in [0.5, 0.6) is 0 Å². The Labute approximate surface area is 190 Å². The lowest BCUT2D eigenvalue weighted by atomic mass is 9.97. The normalized spacial score (nSPS) is 13.2. The van der Waals surface area contributed by atoms with E-state index in [-0.39, 0.29) is 6.04 Å². The minimum Gasteiger partial charge on any atom is -0.439 e. The number of alkyl carbamates (subject to hydrolysis) is 1. The Bertz CT molecular complexity index is 946. The summed E-state index contributed by atoms with van der Waals surface area (Å²) in [5, 5.41) is 13.6. The number of carbonyl (C=O) groups is 1. The molecule has 0 spiro atoms. The molecule has 2 aromatic carbocycles. The van der Waals surface area contributed by atoms with Crippen LogP contribution < -0.4 is 5.32 Å². The first-order valence-corrected chi connectivity index (χ1v) is 11.1. The van der Waals surface area contributed by atoms with Crippen molar-refractivity contribution in [3.63, 3.8) is 0 Å². The van der Waals surface area contributed by atoms with Gasteiger partial charge in [0.1, 0.15) is 5.60 Å². The van der Waals surface area contributed by atoms with Gasteiger partial charge < -0.3 is 15.2 Å². The van der Waals surface area contributed by atoms with Crippen LogP contribution in [0.3, 0.4) is 0 Å². The average Bonchev–Trinajstić information content (AvgIpc) is 2.80. The lowest BCUT2D eigenvalue weighted by molar-refractivity contribution is 0.0322. The smallest absolute Gasteiger partial charge is 0.408 e. The minimum atomic E-state index is -0.826. The van der Waals surface area contributed by atoms with Gasteiger partial charge in [-0.25, -0.2) is 4.79 Å². The molecule has 0 saturated carbocycles. The third-order valence-corrected chi connectivity index (χ3v) is 5.55. The second-order valence-corrected chi connectivity index (χ2v) is 8.52. The van der Waals surface area contributed by atoms with E-state index in [1.165, 1.54) is 5.56 Å². The maximum Gasteiger partial charge on any atom is 0.408 e. The van der Waals surface area contributed by atoms with Crippen LogP contribution in [0.15, 0.2) is 85.2 Å². The Hall–Kier alpha value is -3.18. The highest BCUT2D eigenvalue weighted by atomic mass is 16.6. The van der Waals surface area contributed by atoms with Crippen molar-refractivity contribution in [2.45, 2.75) is 57.3 Å². The Morgan fingerprint density at radius 2 is 1.72 bits per heavy atom. The Morgan fingerprint density at radius 3 is 2.38 bits per heavy atom. The molecule has 32 heavy (non-hydrogen) atoms. The molecule has 5 heteroatoms. The van der Waals surface area contributed by atoms with Gasteiger partial charge in [-0.1, -0.05) is 66.7 Å². The van der Waals surface area contributed by atoms with Crippen molar-refractivity contribution in [2.75, 3.05) is 0 Å². The lowest BCUT2D eigenvalue weighted by Crippen LogP contribution is -2.36. The number of nitrogens with one attached hydrogen (secondary N) is 1. The molecular weight excluding hydrogens is 400 g/mol. The summed E-state index contributed by atoms with van der Waals surface area (Å²) in [5.74, 6) is 0. The summed E-state index contributed by atoms with van der Waals surface area (Å²) in [6, 6.07) is 23.3. The molecule has 1 amide bonds. The first kappa shape index (κ1) is 23.5. The number of aryl methyl sites for hydroxylation is 1. The molecule has 0 aliphatic heterocycles. The van der Waals surface area contributed by atoms with Gasteiger partial charge in [-0.2, -0.15) is 0 Å². The number of rotatable bonds is 10. The van der Waals surface area contributed by atoms with E-state index >= 15 is 0 Å². The van der Waals surface area contributed by atoms with Gasteiger partial charge in [0.2, 0.25) is 0 Å². The largest absolute Gasteiger partial charge is 0.439 e. The monoisotopic (exact) mass is 432 g/mol. The third kappa shape index (κ3) is 7.20. The molecule has 1 heterocycles. The summed E-state index contributed by atoms with van der Waals surface area (Å²) in [4.78, 5) is 16.9. The van der Waals surface area contributed by atoms with Gasteiger partial charge in [0.05, 0.1) is 12.1 Å². The van der Waals surface area contributed by atoms with E-state index in [2.05, 4.69) is 22.4 Å². The molecule has 2 N–H and O–H groups in total. The molecule has 0 aliphatic rings. The highest BCUT2D eigenvalue weighted by molar-refractivity contribution is 5.68. The third-order valence-electron chi connectivity index (χ3n) is 5.55. The van der Waals surface area contributed by atoms with Crippen molar-refractivity contribution in [1.82, 2.24) is 10.3 Å². The number of amides is 1. The average molecular weight is 433 g/mol. The highest BCUT2D eigenvalue weighted by Gasteiger charge is 2.27. The van der Waals surface area contributed by atoms with E-state index in [1.54, 1.807) is 12.4 Å². The van der Waals surface area contributed by atoms with Crippen molar-refractivity contribution in [3.05, 3.63) is 102 Å². The van der Waals surface area contributed by atoms with Crippen molar-refractivity contribution >= 4 is 6.09 Å². The van der Waals surface area contributed by atoms with Crippen LogP contribution in [-0.2, 0) is 16.8 Å². The van der Waals surface area contributed by atoms with E-state index in [0.29, 0.717) is 12.8 Å². The van der Waals surface area contributed by atoms with Crippen LogP contribution in [0.4, 0.5) is 4.79 Å². The van der Waals surface area contributed by atoms with Crippen LogP contribution in [0.1, 0.15) is 55.8 Å². The molecule has 0 fully saturated rings. The molecule has 168 valence electrons. The summed E-state index contributed by atoms with van der Waals surface area (Å²) in [5.41, 5.74) is 2.19. The van der Waals surface area contributed by atoms with E-state index in [0.717, 1.165) is 24.0 Å². The Kier molecular flexibility index (Phi) is 8.40. The summed E-state index contributed by atoms with van der Waals surface area (Å²) < 4.78 is 5.72. The molecule has 2 unspecified atom stereocenters. The van der Waals surface area contributed by atoms with E-state index in [1.807, 2.05) is 74.5 Å². The zero-order valence-corrected chi connectivity index (χ0v) is 18.8. The molecule has 3 rings (SSSR count). The maximum absolute atomic E-state index is 12.8. The molecule has 0 aliphatic carbocycles. The van der Waals surface area contributed by atoms with Crippen molar-refractivity contribution in [3.8, 4) is 0 Å². The van der Waals surface area contributed by atoms with Crippen LogP contribution in [0.2, 0.25) is 0 Å². The minimum absolute atomic E-state index is 0.347. The Balaban J connectivity index is 1.59. The molecule has 2 atom stereocenters. The fourth-order valence-electron chi connectivity index (χ4n) is 3.72. The van der Waals surface area contributed by atoms with Crippen molar-refractivity contribution in [1.29, 1.82) is 0 Å². The van der Waals surface area contributed by atoms with E-state index in [9.17, 15) is 9.90 Å². The predicted molar refractivity (Wildman–Crippen MR) is 126 cm³/mol. The number of ether oxygens (including phenoxy) is 1. The first-order chi connectivity index (χ1) is 15.4. The summed E-state index contributed by atoms with van der Waals surface area (Å²) in [7, 11) is 0. The van der Waals surface area contributed by atoms with Crippen molar-refractivity contribution in [2.24, 2.45) is 0 Å². The van der Waals surface area contributed by atoms with Gasteiger partial charge in [-0.15, -0.1) is 0 Å². The summed E-state index contributed by atoms with van der Waals surface area (Å²) in [6.45, 7) is 3.67. The van der Waals surface area contributed by atoms with Crippen LogP contribution in [-0.4, -0.2) is 22.3 Å². The number of benzene rings is 2. The number of aliphatic hydroxyl groups is 1. The van der Waals surface area contributed by atoms with Crippen molar-refractivity contribution < 1.29 is 14.6 Å². The topological polar surface area (TPSA) is 71.5 Å². The number of hydrogen-bond acceptors (Lipinski definition) is 4. The summed E-state index contributed by atoms with van der Waals surface area (Å²) in [6.07, 6.45) is 5.20. The fraction of sp³-hybridized carbons (Fsp3) is 0.333. The molecule has 3 aromatic rings. The van der Waals surface area contributed by atoms with Crippen LogP contribution >= 0.6 is 0 Å². The zero-order chi connectivity index (χ0) is 22.8. The van der Waals surface area contributed by atoms with Crippen LogP contribution in [0, 0.1) is 0 Å². The highest BCUT2D eigenvalue weighted by Crippen LogP contribution is 2.26. The molecule has 0 saturated heterocycles. The number of nitrogens with zero attached hydrogens (tertiary/aromatic N) is 1. The van der Waals surface area contributed by atoms with E-state index in [4.69, 9.17) is 4.74 Å². The lowest BCUT2D eigenvalue weighted by Gasteiger charge is -2.28. The fourth-order valence-corrected chi connectivity index (χ4v) is 3.72. The maximum atomic E-state index is 12.8. The predicted octanol–water partition coefficient (Wildman–Crippen LogP) is 5.56. The first-order valence-electron chi connectivity index (χ1n) is 11.1. The van der Waals surface area contributed by atoms with E-state index < -0.39 is 17.8 Å². The molecule has 0 bridgehead atoms. The summed E-state index contributed by atoms with van der Waals surface area (Å²) >= 11 is 0. The molecule has 0 radical (unpaired) electrons. The standard InChI is InChI=1S/C27H32N2O3/c1-27(2,23-16-10-18-28-20-23)32-26(31)29-25(22-14-7-4-8-15-22)19-24(30)17-9-13-21-11-5-3-6-12-21/h3-8,10-12,14-16,18,20,24-25,30H,9,13,17,19H2,1-2H3,(H,29,31). The SMILES string of the molecule is CC(C)(OC(=O)NC(CC(O)CCCc1ccccc1)c1ccccc1)c1cccnc1. The number of carbonyl (C=O) groups excluding carboxylic acids is 1. The van der Waals surface area contributed by atoms with Gasteiger partial charge in [0, 0.05) is 18.0 Å². The van der Waals surface area contributed by atoms with Gasteiger partial charge >= 0.3 is 6.09 Å². The number of pyridine rings is 1. The number of hydrogen-bond donors (Lipinski definition) is 2. The number of aromatic nitrogens is 1. The van der Waals surface area contributed by atoms with Crippen LogP contribution in [0.25, 0.3) is 0 Å². The van der Waals surface area contributed by atoms with Gasteiger partial charge in [0.15, 0.2) is 0 Å². The second-order valence-electron chi connectivity index (χ2n) is 8.52. The molecular formula is C27H32N2O3. The number of aliphatic hydroxyl groups excluding tert-OH is 1. The zero-order valence-electron chi connectivity index (χ0n) is 18.8. The molecule has 5 nitrogen and oxygen atoms in total. The van der Waals surface area contributed by atoms with Gasteiger partial charge in [0.25, 0.3) is 0 Å². The quantitative estimate of drug-likeness (QED) is 0.440. The van der Waals surface area contributed by atoms with Gasteiger partial charge in [-0.05, 0) is 56.7 Å².